The summed E-state index contributed by atoms with van der Waals surface area (Å²) < 4.78 is 5.49. The molecule has 0 radical (unpaired) electrons. The highest BCUT2D eigenvalue weighted by Gasteiger charge is 2.26. The number of rotatable bonds is 8. The van der Waals surface area contributed by atoms with E-state index in [9.17, 15) is 4.79 Å². The second-order valence-electron chi connectivity index (χ2n) is 6.84. The average Bonchev–Trinajstić information content (AvgIpc) is 2.58. The van der Waals surface area contributed by atoms with Crippen molar-refractivity contribution in [3.8, 4) is 0 Å². The van der Waals surface area contributed by atoms with E-state index in [0.717, 1.165) is 37.9 Å². The van der Waals surface area contributed by atoms with Gasteiger partial charge in [0.2, 0.25) is 5.91 Å². The molecule has 1 aromatic rings. The summed E-state index contributed by atoms with van der Waals surface area (Å²) in [7, 11) is 0. The fraction of sp³-hybridized carbons (Fsp3) is 0.632. The predicted octanol–water partition coefficient (Wildman–Crippen LogP) is 4.14. The normalized spacial score (nSPS) is 18.5. The Hall–Kier alpha value is -0.810. The van der Waals surface area contributed by atoms with Gasteiger partial charge < -0.3 is 10.1 Å². The summed E-state index contributed by atoms with van der Waals surface area (Å²) >= 11 is 12.5. The van der Waals surface area contributed by atoms with E-state index in [2.05, 4.69) is 10.2 Å². The van der Waals surface area contributed by atoms with E-state index in [0.29, 0.717) is 29.7 Å². The number of nitrogens with zero attached hydrogens (tertiary/aromatic N) is 1. The van der Waals surface area contributed by atoms with Gasteiger partial charge in [0.1, 0.15) is 0 Å². The molecule has 140 valence electrons. The number of nitrogens with one attached hydrogen (secondary N) is 1. The third-order valence-corrected chi connectivity index (χ3v) is 5.10. The number of ether oxygens (including phenoxy) is 1. The molecule has 1 atom stereocenters. The molecule has 1 amide bonds. The molecule has 4 nitrogen and oxygen atoms in total. The molecule has 1 N–H and O–H groups in total. The molecule has 0 saturated carbocycles. The number of amides is 1. The lowest BCUT2D eigenvalue weighted by atomic mass is 9.96. The van der Waals surface area contributed by atoms with Gasteiger partial charge in [0.15, 0.2) is 0 Å². The van der Waals surface area contributed by atoms with Gasteiger partial charge in [-0.05, 0) is 51.8 Å². The Kier molecular flexibility index (Phi) is 8.50. The van der Waals surface area contributed by atoms with Gasteiger partial charge in [0.25, 0.3) is 0 Å². The number of hydrogen-bond donors (Lipinski definition) is 1. The summed E-state index contributed by atoms with van der Waals surface area (Å²) in [6.45, 7) is 7.77. The molecule has 1 aliphatic heterocycles. The molecular formula is C19H28Cl2N2O2. The van der Waals surface area contributed by atoms with Crippen molar-refractivity contribution in [2.24, 2.45) is 5.92 Å². The number of piperidine rings is 1. The van der Waals surface area contributed by atoms with Gasteiger partial charge in [-0.15, -0.1) is 0 Å². The van der Waals surface area contributed by atoms with Gasteiger partial charge in [0.05, 0.1) is 12.0 Å². The number of likely N-dealkylation sites (tertiary alicyclic amines) is 1. The smallest absolute Gasteiger partial charge is 0.224 e. The van der Waals surface area contributed by atoms with Crippen molar-refractivity contribution in [3.05, 3.63) is 33.8 Å². The zero-order chi connectivity index (χ0) is 18.2. The van der Waals surface area contributed by atoms with Gasteiger partial charge in [-0.25, -0.2) is 0 Å². The molecule has 1 fully saturated rings. The fourth-order valence-corrected chi connectivity index (χ4v) is 3.58. The Bertz CT molecular complexity index is 546. The monoisotopic (exact) mass is 386 g/mol. The van der Waals surface area contributed by atoms with E-state index in [1.807, 2.05) is 32.0 Å². The first-order chi connectivity index (χ1) is 12.0. The van der Waals surface area contributed by atoms with Crippen molar-refractivity contribution >= 4 is 29.1 Å². The van der Waals surface area contributed by atoms with Crippen LogP contribution in [-0.2, 0) is 16.1 Å². The highest BCUT2D eigenvalue weighted by Crippen LogP contribution is 2.27. The van der Waals surface area contributed by atoms with Crippen molar-refractivity contribution < 1.29 is 9.53 Å². The molecule has 2 rings (SSSR count). The largest absolute Gasteiger partial charge is 0.379 e. The third-order valence-electron chi connectivity index (χ3n) is 4.39. The van der Waals surface area contributed by atoms with Crippen molar-refractivity contribution in [1.82, 2.24) is 10.2 Å². The van der Waals surface area contributed by atoms with Crippen LogP contribution in [0.3, 0.4) is 0 Å². The van der Waals surface area contributed by atoms with Crippen LogP contribution in [0, 0.1) is 5.92 Å². The van der Waals surface area contributed by atoms with E-state index in [1.165, 1.54) is 0 Å². The summed E-state index contributed by atoms with van der Waals surface area (Å²) in [6, 6.07) is 5.57. The number of benzene rings is 1. The quantitative estimate of drug-likeness (QED) is 0.682. The molecule has 0 spiro atoms. The first kappa shape index (κ1) is 20.5. The molecule has 0 bridgehead atoms. The van der Waals surface area contributed by atoms with Crippen LogP contribution in [0.25, 0.3) is 0 Å². The zero-order valence-electron chi connectivity index (χ0n) is 15.1. The minimum atomic E-state index is 0.0287. The summed E-state index contributed by atoms with van der Waals surface area (Å²) in [5.41, 5.74) is 0.942. The first-order valence-corrected chi connectivity index (χ1v) is 9.77. The summed E-state index contributed by atoms with van der Waals surface area (Å²) in [6.07, 6.45) is 3.02. The molecule has 1 saturated heterocycles. The van der Waals surface area contributed by atoms with Crippen molar-refractivity contribution in [1.29, 1.82) is 0 Å². The van der Waals surface area contributed by atoms with Gasteiger partial charge in [0, 0.05) is 41.8 Å². The van der Waals surface area contributed by atoms with Crippen LogP contribution in [0.5, 0.6) is 0 Å². The molecule has 0 aromatic heterocycles. The fourth-order valence-electron chi connectivity index (χ4n) is 3.07. The molecule has 1 heterocycles. The molecule has 1 aliphatic rings. The van der Waals surface area contributed by atoms with Crippen LogP contribution in [0.1, 0.15) is 38.7 Å². The van der Waals surface area contributed by atoms with E-state index in [-0.39, 0.29) is 17.9 Å². The lowest BCUT2D eigenvalue weighted by molar-refractivity contribution is -0.126. The average molecular weight is 387 g/mol. The van der Waals surface area contributed by atoms with Crippen LogP contribution in [-0.4, -0.2) is 43.2 Å². The SMILES string of the molecule is CC(C)OCCCNC(=O)[C@H]1CCCN(Cc2c(Cl)cccc2Cl)C1. The molecule has 0 aliphatic carbocycles. The van der Waals surface area contributed by atoms with E-state index < -0.39 is 0 Å². The van der Waals surface area contributed by atoms with Crippen LogP contribution in [0.4, 0.5) is 0 Å². The van der Waals surface area contributed by atoms with Crippen molar-refractivity contribution in [2.45, 2.75) is 45.8 Å². The predicted molar refractivity (Wildman–Crippen MR) is 103 cm³/mol. The van der Waals surface area contributed by atoms with Crippen LogP contribution in [0.15, 0.2) is 18.2 Å². The van der Waals surface area contributed by atoms with Gasteiger partial charge in [-0.2, -0.15) is 0 Å². The molecular weight excluding hydrogens is 359 g/mol. The molecule has 0 unspecified atom stereocenters. The Morgan fingerprint density at radius 3 is 2.76 bits per heavy atom. The molecule has 6 heteroatoms. The standard InChI is InChI=1S/C19H28Cl2N2O2/c1-14(2)25-11-5-9-22-19(24)15-6-4-10-23(12-15)13-16-17(20)7-3-8-18(16)21/h3,7-8,14-15H,4-6,9-13H2,1-2H3,(H,22,24)/t15-/m0/s1. The Balaban J connectivity index is 1.79. The molecule has 1 aromatic carbocycles. The Morgan fingerprint density at radius 1 is 1.36 bits per heavy atom. The number of carbonyl (C=O) groups excluding carboxylic acids is 1. The first-order valence-electron chi connectivity index (χ1n) is 9.02. The second kappa shape index (κ2) is 10.4. The number of halogens is 2. The van der Waals surface area contributed by atoms with Crippen molar-refractivity contribution in [2.75, 3.05) is 26.2 Å². The highest BCUT2D eigenvalue weighted by atomic mass is 35.5. The Morgan fingerprint density at radius 2 is 2.08 bits per heavy atom. The Labute approximate surface area is 160 Å². The highest BCUT2D eigenvalue weighted by molar-refractivity contribution is 6.35. The number of carbonyl (C=O) groups is 1. The zero-order valence-corrected chi connectivity index (χ0v) is 16.6. The van der Waals surface area contributed by atoms with Crippen LogP contribution in [0.2, 0.25) is 10.0 Å². The van der Waals surface area contributed by atoms with Gasteiger partial charge >= 0.3 is 0 Å². The van der Waals surface area contributed by atoms with Crippen molar-refractivity contribution in [3.63, 3.8) is 0 Å². The summed E-state index contributed by atoms with van der Waals surface area (Å²) in [5.74, 6) is 0.167. The minimum Gasteiger partial charge on any atom is -0.379 e. The molecule has 25 heavy (non-hydrogen) atoms. The number of hydrogen-bond acceptors (Lipinski definition) is 3. The summed E-state index contributed by atoms with van der Waals surface area (Å²) in [5, 5.41) is 4.40. The second-order valence-corrected chi connectivity index (χ2v) is 7.65. The van der Waals surface area contributed by atoms with Gasteiger partial charge in [-0.3, -0.25) is 9.69 Å². The third kappa shape index (κ3) is 6.78. The van der Waals surface area contributed by atoms with E-state index in [4.69, 9.17) is 27.9 Å². The maximum atomic E-state index is 12.4. The van der Waals surface area contributed by atoms with Crippen LogP contribution >= 0.6 is 23.2 Å². The van der Waals surface area contributed by atoms with E-state index >= 15 is 0 Å². The maximum Gasteiger partial charge on any atom is 0.224 e. The van der Waals surface area contributed by atoms with E-state index in [1.54, 1.807) is 0 Å². The maximum absolute atomic E-state index is 12.4. The topological polar surface area (TPSA) is 41.6 Å². The minimum absolute atomic E-state index is 0.0287. The van der Waals surface area contributed by atoms with Gasteiger partial charge in [-0.1, -0.05) is 29.3 Å². The van der Waals surface area contributed by atoms with Crippen LogP contribution < -0.4 is 5.32 Å². The lowest BCUT2D eigenvalue weighted by Gasteiger charge is -2.32. The summed E-state index contributed by atoms with van der Waals surface area (Å²) in [4.78, 5) is 14.7. The lowest BCUT2D eigenvalue weighted by Crippen LogP contribution is -2.43.